The predicted molar refractivity (Wildman–Crippen MR) is 85.6 cm³/mol. The third-order valence-electron chi connectivity index (χ3n) is 4.99. The molecular formula is C18H21NO5. The molecule has 4 atom stereocenters. The fourth-order valence-electron chi connectivity index (χ4n) is 3.25. The van der Waals surface area contributed by atoms with Crippen molar-refractivity contribution in [3.63, 3.8) is 0 Å². The Labute approximate surface area is 140 Å². The van der Waals surface area contributed by atoms with E-state index in [1.165, 1.54) is 6.08 Å². The third kappa shape index (κ3) is 2.25. The molecule has 6 nitrogen and oxygen atoms in total. The van der Waals surface area contributed by atoms with E-state index in [-0.39, 0.29) is 0 Å². The molecule has 4 unspecified atom stereocenters. The van der Waals surface area contributed by atoms with Crippen LogP contribution in [0.3, 0.4) is 0 Å². The zero-order valence-corrected chi connectivity index (χ0v) is 13.7. The minimum atomic E-state index is -2.09. The van der Waals surface area contributed by atoms with Gasteiger partial charge in [-0.25, -0.2) is 0 Å². The molecule has 0 radical (unpaired) electrons. The maximum atomic E-state index is 12.5. The number of aliphatic hydroxyl groups is 2. The quantitative estimate of drug-likeness (QED) is 0.705. The number of rotatable bonds is 4. The Bertz CT molecular complexity index is 701. The SMILES string of the molecule is CCC(C)C1(O)NC(=O)C2(OC(Cc3ccccc3)=CC2=O)C1O. The van der Waals surface area contributed by atoms with Gasteiger partial charge in [0.05, 0.1) is 0 Å². The van der Waals surface area contributed by atoms with Crippen LogP contribution in [-0.2, 0) is 20.7 Å². The molecule has 2 aliphatic rings. The summed E-state index contributed by atoms with van der Waals surface area (Å²) in [4.78, 5) is 24.9. The highest BCUT2D eigenvalue weighted by atomic mass is 16.5. The first-order valence-electron chi connectivity index (χ1n) is 8.05. The van der Waals surface area contributed by atoms with Crippen LogP contribution in [0.1, 0.15) is 25.8 Å². The molecule has 1 saturated heterocycles. The molecule has 128 valence electrons. The van der Waals surface area contributed by atoms with Crippen molar-refractivity contribution in [2.45, 2.75) is 44.1 Å². The zero-order valence-electron chi connectivity index (χ0n) is 13.7. The van der Waals surface area contributed by atoms with Crippen molar-refractivity contribution in [1.82, 2.24) is 5.32 Å². The number of carbonyl (C=O) groups excluding carboxylic acids is 2. The van der Waals surface area contributed by atoms with Gasteiger partial charge in [0, 0.05) is 18.4 Å². The van der Waals surface area contributed by atoms with Gasteiger partial charge in [0.15, 0.2) is 11.8 Å². The average Bonchev–Trinajstić information content (AvgIpc) is 2.99. The summed E-state index contributed by atoms with van der Waals surface area (Å²) in [5.74, 6) is -1.58. The summed E-state index contributed by atoms with van der Waals surface area (Å²) in [6.07, 6.45) is 0.404. The van der Waals surface area contributed by atoms with Gasteiger partial charge < -0.3 is 20.3 Å². The minimum Gasteiger partial charge on any atom is -0.470 e. The van der Waals surface area contributed by atoms with Crippen molar-refractivity contribution < 1.29 is 24.5 Å². The van der Waals surface area contributed by atoms with E-state index in [0.29, 0.717) is 18.6 Å². The Morgan fingerprint density at radius 2 is 1.96 bits per heavy atom. The first-order valence-corrected chi connectivity index (χ1v) is 8.05. The lowest BCUT2D eigenvalue weighted by Gasteiger charge is -2.34. The second-order valence-electron chi connectivity index (χ2n) is 6.47. The Hall–Kier alpha value is -2.18. The molecule has 1 spiro atoms. The van der Waals surface area contributed by atoms with Gasteiger partial charge in [-0.15, -0.1) is 0 Å². The maximum Gasteiger partial charge on any atom is 0.277 e. The number of ether oxygens (including phenoxy) is 1. The zero-order chi connectivity index (χ0) is 17.5. The van der Waals surface area contributed by atoms with E-state index in [0.717, 1.165) is 5.56 Å². The highest BCUT2D eigenvalue weighted by Gasteiger charge is 2.70. The number of nitrogens with one attached hydrogen (secondary N) is 1. The number of allylic oxidation sites excluding steroid dienone is 1. The molecule has 1 fully saturated rings. The molecule has 24 heavy (non-hydrogen) atoms. The lowest BCUT2D eigenvalue weighted by molar-refractivity contribution is -0.169. The van der Waals surface area contributed by atoms with Gasteiger partial charge in [-0.2, -0.15) is 0 Å². The van der Waals surface area contributed by atoms with Crippen LogP contribution < -0.4 is 5.32 Å². The number of hydrogen-bond donors (Lipinski definition) is 3. The molecule has 2 heterocycles. The van der Waals surface area contributed by atoms with Crippen molar-refractivity contribution in [3.8, 4) is 0 Å². The maximum absolute atomic E-state index is 12.5. The smallest absolute Gasteiger partial charge is 0.277 e. The van der Waals surface area contributed by atoms with Gasteiger partial charge in [-0.05, 0) is 12.0 Å². The van der Waals surface area contributed by atoms with Crippen molar-refractivity contribution in [3.05, 3.63) is 47.7 Å². The molecule has 1 aromatic rings. The molecular weight excluding hydrogens is 310 g/mol. The molecule has 0 aliphatic carbocycles. The van der Waals surface area contributed by atoms with Crippen LogP contribution in [0.25, 0.3) is 0 Å². The highest BCUT2D eigenvalue weighted by Crippen LogP contribution is 2.42. The molecule has 3 N–H and O–H groups in total. The lowest BCUT2D eigenvalue weighted by Crippen LogP contribution is -2.58. The van der Waals surface area contributed by atoms with Crippen molar-refractivity contribution >= 4 is 11.7 Å². The molecule has 0 bridgehead atoms. The van der Waals surface area contributed by atoms with Crippen molar-refractivity contribution in [2.24, 2.45) is 5.92 Å². The van der Waals surface area contributed by atoms with Crippen molar-refractivity contribution in [2.75, 3.05) is 0 Å². The first-order chi connectivity index (χ1) is 11.3. The fraction of sp³-hybridized carbons (Fsp3) is 0.444. The van der Waals surface area contributed by atoms with E-state index in [9.17, 15) is 19.8 Å². The second kappa shape index (κ2) is 5.72. The summed E-state index contributed by atoms with van der Waals surface area (Å²) >= 11 is 0. The normalized spacial score (nSPS) is 33.3. The van der Waals surface area contributed by atoms with Gasteiger partial charge in [-0.3, -0.25) is 9.59 Å². The third-order valence-corrected chi connectivity index (χ3v) is 4.99. The monoisotopic (exact) mass is 331 g/mol. The number of hydrogen-bond acceptors (Lipinski definition) is 5. The first kappa shape index (κ1) is 16.7. The van der Waals surface area contributed by atoms with Gasteiger partial charge in [0.25, 0.3) is 11.5 Å². The molecule has 1 amide bonds. The fourth-order valence-corrected chi connectivity index (χ4v) is 3.25. The molecule has 0 saturated carbocycles. The second-order valence-corrected chi connectivity index (χ2v) is 6.47. The number of amides is 1. The highest BCUT2D eigenvalue weighted by molar-refractivity contribution is 6.18. The van der Waals surface area contributed by atoms with Gasteiger partial charge >= 0.3 is 0 Å². The van der Waals surface area contributed by atoms with Gasteiger partial charge in [0.2, 0.25) is 5.78 Å². The van der Waals surface area contributed by atoms with E-state index in [2.05, 4.69) is 5.32 Å². The number of benzene rings is 1. The van der Waals surface area contributed by atoms with E-state index in [1.54, 1.807) is 6.92 Å². The van der Waals surface area contributed by atoms with Gasteiger partial charge in [0.1, 0.15) is 5.76 Å². The number of ketones is 1. The summed E-state index contributed by atoms with van der Waals surface area (Å²) in [6, 6.07) is 9.35. The van der Waals surface area contributed by atoms with Crippen LogP contribution in [-0.4, -0.2) is 39.3 Å². The van der Waals surface area contributed by atoms with E-state index in [1.807, 2.05) is 37.3 Å². The molecule has 3 rings (SSSR count). The van der Waals surface area contributed by atoms with Crippen LogP contribution in [0, 0.1) is 5.92 Å². The summed E-state index contributed by atoms with van der Waals surface area (Å²) in [5.41, 5.74) is -3.07. The predicted octanol–water partition coefficient (Wildman–Crippen LogP) is 0.676. The summed E-state index contributed by atoms with van der Waals surface area (Å²) < 4.78 is 5.63. The summed E-state index contributed by atoms with van der Waals surface area (Å²) in [5, 5.41) is 23.7. The van der Waals surface area contributed by atoms with Crippen LogP contribution in [0.4, 0.5) is 0 Å². The topological polar surface area (TPSA) is 95.9 Å². The Morgan fingerprint density at radius 1 is 1.29 bits per heavy atom. The summed E-state index contributed by atoms with van der Waals surface area (Å²) in [7, 11) is 0. The van der Waals surface area contributed by atoms with Crippen LogP contribution in [0.5, 0.6) is 0 Å². The minimum absolute atomic E-state index is 0.300. The van der Waals surface area contributed by atoms with Crippen LogP contribution in [0.15, 0.2) is 42.2 Å². The Morgan fingerprint density at radius 3 is 2.58 bits per heavy atom. The van der Waals surface area contributed by atoms with Crippen molar-refractivity contribution in [1.29, 1.82) is 0 Å². The largest absolute Gasteiger partial charge is 0.470 e. The molecule has 0 aromatic heterocycles. The van der Waals surface area contributed by atoms with E-state index < -0.39 is 35.0 Å². The number of aliphatic hydroxyl groups excluding tert-OH is 1. The van der Waals surface area contributed by atoms with Gasteiger partial charge in [-0.1, -0.05) is 44.2 Å². The van der Waals surface area contributed by atoms with E-state index in [4.69, 9.17) is 4.74 Å². The number of carbonyl (C=O) groups is 2. The molecule has 2 aliphatic heterocycles. The van der Waals surface area contributed by atoms with E-state index >= 15 is 0 Å². The summed E-state index contributed by atoms with van der Waals surface area (Å²) in [6.45, 7) is 3.52. The average molecular weight is 331 g/mol. The Kier molecular flexibility index (Phi) is 3.97. The standard InChI is InChI=1S/C18H21NO5/c1-3-11(2)18(23)15(21)17(16(22)19-18)14(20)10-13(24-17)9-12-7-5-4-6-8-12/h4-8,10-11,15,21,23H,3,9H2,1-2H3,(H,19,22). The lowest BCUT2D eigenvalue weighted by atomic mass is 9.84. The van der Waals surface area contributed by atoms with Crippen LogP contribution in [0.2, 0.25) is 0 Å². The van der Waals surface area contributed by atoms with Crippen LogP contribution >= 0.6 is 0 Å². The molecule has 1 aromatic carbocycles. The Balaban J connectivity index is 1.87. The molecule has 6 heteroatoms.